The van der Waals surface area contributed by atoms with E-state index in [0.717, 1.165) is 36.7 Å². The number of carbonyl (C=O) groups excluding carboxylic acids is 1. The molecule has 2 nitrogen and oxygen atoms in total. The smallest absolute Gasteiger partial charge is 0.142 e. The van der Waals surface area contributed by atoms with E-state index >= 15 is 0 Å². The van der Waals surface area contributed by atoms with Gasteiger partial charge in [-0.3, -0.25) is 4.79 Å². The van der Waals surface area contributed by atoms with E-state index in [0.29, 0.717) is 11.8 Å². The molecule has 2 rings (SSSR count). The van der Waals surface area contributed by atoms with E-state index in [4.69, 9.17) is 0 Å². The molecule has 3 unspecified atom stereocenters. The number of hydrogen-bond acceptors (Lipinski definition) is 2. The number of carbonyl (C=O) groups is 1. The van der Waals surface area contributed by atoms with E-state index in [-0.39, 0.29) is 5.92 Å². The number of aliphatic hydroxyl groups is 1. The van der Waals surface area contributed by atoms with Crippen molar-refractivity contribution in [2.45, 2.75) is 51.6 Å². The van der Waals surface area contributed by atoms with Crippen LogP contribution in [0.4, 0.5) is 0 Å². The lowest BCUT2D eigenvalue weighted by Gasteiger charge is -2.43. The molecular weight excluding hydrogens is 260 g/mol. The normalized spacial score (nSPS) is 30.0. The average molecular weight is 286 g/mol. The highest BCUT2D eigenvalue weighted by Gasteiger charge is 2.40. The molecule has 1 fully saturated rings. The molecular formula is C19H26O2. The minimum absolute atomic E-state index is 0.131. The Morgan fingerprint density at radius 3 is 2.71 bits per heavy atom. The van der Waals surface area contributed by atoms with E-state index in [1.165, 1.54) is 6.08 Å². The molecule has 3 atom stereocenters. The zero-order chi connectivity index (χ0) is 15.5. The molecule has 1 aromatic rings. The fourth-order valence-electron chi connectivity index (χ4n) is 3.52. The Balaban J connectivity index is 2.37. The lowest BCUT2D eigenvalue weighted by molar-refractivity contribution is -0.104. The monoisotopic (exact) mass is 286 g/mol. The molecule has 0 aromatic heterocycles. The number of rotatable bonds is 4. The third kappa shape index (κ3) is 3.62. The summed E-state index contributed by atoms with van der Waals surface area (Å²) in [5.41, 5.74) is 1.53. The maximum absolute atomic E-state index is 10.8. The van der Waals surface area contributed by atoms with Gasteiger partial charge in [0.1, 0.15) is 6.29 Å². The minimum Gasteiger partial charge on any atom is -0.390 e. The first-order valence-corrected chi connectivity index (χ1v) is 7.89. The third-order valence-corrected chi connectivity index (χ3v) is 4.98. The van der Waals surface area contributed by atoms with Crippen LogP contribution in [0.5, 0.6) is 0 Å². The summed E-state index contributed by atoms with van der Waals surface area (Å²) in [6.07, 6.45) is 7.11. The van der Waals surface area contributed by atoms with Crippen LogP contribution in [-0.4, -0.2) is 17.0 Å². The Morgan fingerprint density at radius 1 is 1.33 bits per heavy atom. The van der Waals surface area contributed by atoms with Crippen molar-refractivity contribution < 1.29 is 9.90 Å². The molecule has 114 valence electrons. The van der Waals surface area contributed by atoms with Gasteiger partial charge >= 0.3 is 0 Å². The lowest BCUT2D eigenvalue weighted by atomic mass is 9.66. The van der Waals surface area contributed by atoms with Crippen LogP contribution in [0.1, 0.15) is 57.1 Å². The fourth-order valence-corrected chi connectivity index (χ4v) is 3.52. The molecule has 0 saturated heterocycles. The Hall–Kier alpha value is -1.41. The van der Waals surface area contributed by atoms with Gasteiger partial charge in [0.25, 0.3) is 0 Å². The van der Waals surface area contributed by atoms with E-state index in [2.05, 4.69) is 19.9 Å². The molecule has 1 aromatic carbocycles. The van der Waals surface area contributed by atoms with Gasteiger partial charge in [-0.05, 0) is 55.2 Å². The van der Waals surface area contributed by atoms with Crippen LogP contribution < -0.4 is 0 Å². The molecule has 1 aliphatic carbocycles. The number of hydrogen-bond donors (Lipinski definition) is 1. The standard InChI is InChI=1S/C19H26O2/c1-14(2)16-10-11-19(3,21)18(13-16)17-9-5-4-7-15(17)8-6-12-20/h4-9,12,14,16,18,21H,10-11,13H2,1-3H3/b8-6+. The Labute approximate surface area is 127 Å². The number of allylic oxidation sites excluding steroid dienone is 1. The van der Waals surface area contributed by atoms with Gasteiger partial charge in [-0.25, -0.2) is 0 Å². The molecule has 0 heterocycles. The van der Waals surface area contributed by atoms with Crippen molar-refractivity contribution in [2.24, 2.45) is 11.8 Å². The van der Waals surface area contributed by atoms with Crippen LogP contribution in [-0.2, 0) is 4.79 Å². The highest BCUT2D eigenvalue weighted by molar-refractivity contribution is 5.74. The largest absolute Gasteiger partial charge is 0.390 e. The second kappa shape index (κ2) is 6.57. The minimum atomic E-state index is -0.670. The first-order chi connectivity index (χ1) is 9.95. The molecule has 0 bridgehead atoms. The zero-order valence-electron chi connectivity index (χ0n) is 13.3. The first kappa shape index (κ1) is 16.0. The maximum atomic E-state index is 10.8. The summed E-state index contributed by atoms with van der Waals surface area (Å²) in [5, 5.41) is 10.8. The van der Waals surface area contributed by atoms with E-state index in [1.54, 1.807) is 0 Å². The van der Waals surface area contributed by atoms with E-state index in [1.807, 2.05) is 31.2 Å². The molecule has 0 amide bonds. The van der Waals surface area contributed by atoms with E-state index in [9.17, 15) is 9.90 Å². The molecule has 2 heteroatoms. The van der Waals surface area contributed by atoms with E-state index < -0.39 is 5.60 Å². The van der Waals surface area contributed by atoms with Gasteiger partial charge < -0.3 is 5.11 Å². The number of benzene rings is 1. The lowest BCUT2D eigenvalue weighted by Crippen LogP contribution is -2.40. The molecule has 1 N–H and O–H groups in total. The summed E-state index contributed by atoms with van der Waals surface area (Å²) in [7, 11) is 0. The molecule has 0 aliphatic heterocycles. The van der Waals surface area contributed by atoms with Crippen molar-refractivity contribution in [1.82, 2.24) is 0 Å². The summed E-state index contributed by atoms with van der Waals surface area (Å²) >= 11 is 0. The van der Waals surface area contributed by atoms with Gasteiger partial charge in [0, 0.05) is 5.92 Å². The predicted molar refractivity (Wildman–Crippen MR) is 87.1 cm³/mol. The molecule has 1 aliphatic rings. The van der Waals surface area contributed by atoms with Crippen molar-refractivity contribution >= 4 is 12.4 Å². The zero-order valence-corrected chi connectivity index (χ0v) is 13.3. The topological polar surface area (TPSA) is 37.3 Å². The SMILES string of the molecule is CC(C)C1CCC(C)(O)C(c2ccccc2/C=C/C=O)C1. The predicted octanol–water partition coefficient (Wildman–Crippen LogP) is 4.19. The summed E-state index contributed by atoms with van der Waals surface area (Å²) in [5.74, 6) is 1.42. The molecule has 1 saturated carbocycles. The van der Waals surface area contributed by atoms with Gasteiger partial charge in [-0.2, -0.15) is 0 Å². The number of aldehydes is 1. The van der Waals surface area contributed by atoms with Crippen molar-refractivity contribution in [3.05, 3.63) is 41.5 Å². The summed E-state index contributed by atoms with van der Waals surface area (Å²) in [6.45, 7) is 6.48. The van der Waals surface area contributed by atoms with Crippen LogP contribution in [0.15, 0.2) is 30.3 Å². The molecule has 0 radical (unpaired) electrons. The van der Waals surface area contributed by atoms with Crippen molar-refractivity contribution in [1.29, 1.82) is 0 Å². The Bertz CT molecular complexity index is 514. The van der Waals surface area contributed by atoms with Gasteiger partial charge in [-0.15, -0.1) is 0 Å². The summed E-state index contributed by atoms with van der Waals surface area (Å²) < 4.78 is 0. The van der Waals surface area contributed by atoms with Crippen LogP contribution in [0.25, 0.3) is 6.08 Å². The van der Waals surface area contributed by atoms with Crippen molar-refractivity contribution in [2.75, 3.05) is 0 Å². The third-order valence-electron chi connectivity index (χ3n) is 4.98. The van der Waals surface area contributed by atoms with Crippen LogP contribution in [0, 0.1) is 11.8 Å². The van der Waals surface area contributed by atoms with Gasteiger partial charge in [0.15, 0.2) is 0 Å². The van der Waals surface area contributed by atoms with Crippen molar-refractivity contribution in [3.8, 4) is 0 Å². The van der Waals surface area contributed by atoms with Crippen LogP contribution >= 0.6 is 0 Å². The Morgan fingerprint density at radius 2 is 2.05 bits per heavy atom. The Kier molecular flexibility index (Phi) is 5.00. The van der Waals surface area contributed by atoms with Crippen molar-refractivity contribution in [3.63, 3.8) is 0 Å². The summed E-state index contributed by atoms with van der Waals surface area (Å²) in [4.78, 5) is 10.6. The summed E-state index contributed by atoms with van der Waals surface area (Å²) in [6, 6.07) is 8.10. The van der Waals surface area contributed by atoms with Crippen LogP contribution in [0.3, 0.4) is 0 Å². The molecule has 21 heavy (non-hydrogen) atoms. The van der Waals surface area contributed by atoms with Gasteiger partial charge in [0.05, 0.1) is 5.60 Å². The second-order valence-corrected chi connectivity index (χ2v) is 6.81. The second-order valence-electron chi connectivity index (χ2n) is 6.81. The fraction of sp³-hybridized carbons (Fsp3) is 0.526. The maximum Gasteiger partial charge on any atom is 0.142 e. The first-order valence-electron chi connectivity index (χ1n) is 7.89. The highest BCUT2D eigenvalue weighted by atomic mass is 16.3. The molecule has 0 spiro atoms. The van der Waals surface area contributed by atoms with Crippen LogP contribution in [0.2, 0.25) is 0 Å². The highest BCUT2D eigenvalue weighted by Crippen LogP contribution is 2.46. The average Bonchev–Trinajstić information content (AvgIpc) is 2.45. The quantitative estimate of drug-likeness (QED) is 0.665. The van der Waals surface area contributed by atoms with Gasteiger partial charge in [0.2, 0.25) is 0 Å². The van der Waals surface area contributed by atoms with Gasteiger partial charge in [-0.1, -0.05) is 44.2 Å².